The maximum atomic E-state index is 11.2. The first kappa shape index (κ1) is 11.5. The topological polar surface area (TPSA) is 29.5 Å². The predicted molar refractivity (Wildman–Crippen MR) is 56.0 cm³/mol. The number of likely N-dealkylation sites (tertiary alicyclic amines) is 1. The van der Waals surface area contributed by atoms with Crippen LogP contribution in [0.1, 0.15) is 27.2 Å². The number of carbonyl (C=O) groups is 1. The summed E-state index contributed by atoms with van der Waals surface area (Å²) in [4.78, 5) is 13.6. The minimum Gasteiger partial charge on any atom is -0.469 e. The summed E-state index contributed by atoms with van der Waals surface area (Å²) in [6.07, 6.45) is 1.24. The lowest BCUT2D eigenvalue weighted by molar-refractivity contribution is -0.145. The van der Waals surface area contributed by atoms with Crippen molar-refractivity contribution in [1.82, 2.24) is 4.90 Å². The third-order valence-corrected chi connectivity index (χ3v) is 3.02. The van der Waals surface area contributed by atoms with Gasteiger partial charge in [0, 0.05) is 19.1 Å². The third kappa shape index (κ3) is 2.71. The maximum absolute atomic E-state index is 11.2. The molecule has 1 rings (SSSR count). The summed E-state index contributed by atoms with van der Waals surface area (Å²) in [5.74, 6) is 0.652. The van der Waals surface area contributed by atoms with Crippen LogP contribution in [-0.4, -0.2) is 37.1 Å². The summed E-state index contributed by atoms with van der Waals surface area (Å²) in [6.45, 7) is 8.37. The maximum Gasteiger partial charge on any atom is 0.309 e. The van der Waals surface area contributed by atoms with E-state index in [2.05, 4.69) is 18.7 Å². The number of methoxy groups -OCH3 is 1. The van der Waals surface area contributed by atoms with Crippen molar-refractivity contribution in [2.24, 2.45) is 11.8 Å². The summed E-state index contributed by atoms with van der Waals surface area (Å²) in [7, 11) is 1.45. The van der Waals surface area contributed by atoms with E-state index in [-0.39, 0.29) is 11.9 Å². The van der Waals surface area contributed by atoms with Crippen molar-refractivity contribution in [3.63, 3.8) is 0 Å². The Morgan fingerprint density at radius 1 is 1.57 bits per heavy atom. The number of esters is 1. The molecule has 0 saturated carbocycles. The lowest BCUT2D eigenvalue weighted by atomic mass is 10.1. The molecule has 0 aromatic carbocycles. The highest BCUT2D eigenvalue weighted by atomic mass is 16.5. The molecule has 0 spiro atoms. The van der Waals surface area contributed by atoms with Gasteiger partial charge in [-0.3, -0.25) is 9.69 Å². The Bertz CT molecular complexity index is 205. The minimum atomic E-state index is -0.100. The second-order valence-corrected chi connectivity index (χ2v) is 4.57. The van der Waals surface area contributed by atoms with Crippen molar-refractivity contribution >= 4 is 5.97 Å². The second-order valence-electron chi connectivity index (χ2n) is 4.57. The monoisotopic (exact) mass is 199 g/mol. The van der Waals surface area contributed by atoms with E-state index in [1.807, 2.05) is 6.92 Å². The van der Waals surface area contributed by atoms with E-state index in [1.54, 1.807) is 0 Å². The van der Waals surface area contributed by atoms with E-state index >= 15 is 0 Å². The first-order valence-corrected chi connectivity index (χ1v) is 5.36. The molecule has 0 radical (unpaired) electrons. The molecule has 1 aliphatic rings. The van der Waals surface area contributed by atoms with Gasteiger partial charge in [-0.25, -0.2) is 0 Å². The molecule has 0 bridgehead atoms. The van der Waals surface area contributed by atoms with E-state index in [1.165, 1.54) is 13.5 Å². The summed E-state index contributed by atoms with van der Waals surface area (Å²) in [6, 6.07) is 0.608. The van der Waals surface area contributed by atoms with Crippen molar-refractivity contribution in [3.8, 4) is 0 Å². The molecule has 3 nitrogen and oxygen atoms in total. The fraction of sp³-hybridized carbons (Fsp3) is 0.909. The highest BCUT2D eigenvalue weighted by molar-refractivity contribution is 5.72. The molecule has 1 heterocycles. The Labute approximate surface area is 86.4 Å². The number of carbonyl (C=O) groups excluding carboxylic acids is 1. The Balaban J connectivity index is 2.40. The van der Waals surface area contributed by atoms with E-state index in [0.29, 0.717) is 6.04 Å². The van der Waals surface area contributed by atoms with Crippen molar-refractivity contribution in [1.29, 1.82) is 0 Å². The van der Waals surface area contributed by atoms with Crippen molar-refractivity contribution in [3.05, 3.63) is 0 Å². The zero-order valence-corrected chi connectivity index (χ0v) is 9.62. The molecule has 3 unspecified atom stereocenters. The van der Waals surface area contributed by atoms with E-state index in [4.69, 9.17) is 4.74 Å². The van der Waals surface area contributed by atoms with Crippen LogP contribution in [0.25, 0.3) is 0 Å². The van der Waals surface area contributed by atoms with Crippen molar-refractivity contribution in [2.75, 3.05) is 20.2 Å². The van der Waals surface area contributed by atoms with Gasteiger partial charge in [0.2, 0.25) is 0 Å². The molecule has 0 amide bonds. The Kier molecular flexibility index (Phi) is 3.93. The summed E-state index contributed by atoms with van der Waals surface area (Å²) in [5.41, 5.74) is 0. The van der Waals surface area contributed by atoms with Crippen LogP contribution in [0.3, 0.4) is 0 Å². The van der Waals surface area contributed by atoms with Crippen LogP contribution < -0.4 is 0 Å². The molecule has 3 heteroatoms. The zero-order valence-electron chi connectivity index (χ0n) is 9.62. The average Bonchev–Trinajstić information content (AvgIpc) is 2.44. The third-order valence-electron chi connectivity index (χ3n) is 3.02. The van der Waals surface area contributed by atoms with E-state index < -0.39 is 0 Å². The van der Waals surface area contributed by atoms with Gasteiger partial charge in [-0.15, -0.1) is 0 Å². The van der Waals surface area contributed by atoms with Gasteiger partial charge in [-0.05, 0) is 19.3 Å². The summed E-state index contributed by atoms with van der Waals surface area (Å²) >= 11 is 0. The van der Waals surface area contributed by atoms with Crippen LogP contribution in [0.2, 0.25) is 0 Å². The van der Waals surface area contributed by atoms with Crippen LogP contribution in [0.4, 0.5) is 0 Å². The number of ether oxygens (including phenoxy) is 1. The van der Waals surface area contributed by atoms with Crippen molar-refractivity contribution < 1.29 is 9.53 Å². The van der Waals surface area contributed by atoms with Crippen LogP contribution >= 0.6 is 0 Å². The molecule has 1 saturated heterocycles. The highest BCUT2D eigenvalue weighted by Gasteiger charge is 2.28. The lowest BCUT2D eigenvalue weighted by Crippen LogP contribution is -2.34. The number of rotatable bonds is 3. The SMILES string of the molecule is COC(=O)C(C)CN1CC(C)CC1C. The molecule has 0 N–H and O–H groups in total. The first-order chi connectivity index (χ1) is 6.54. The van der Waals surface area contributed by atoms with Gasteiger partial charge in [-0.1, -0.05) is 13.8 Å². The summed E-state index contributed by atoms with van der Waals surface area (Å²) < 4.78 is 4.72. The minimum absolute atomic E-state index is 0.00671. The number of hydrogen-bond donors (Lipinski definition) is 0. The molecule has 14 heavy (non-hydrogen) atoms. The molecular weight excluding hydrogens is 178 g/mol. The molecule has 0 aliphatic carbocycles. The van der Waals surface area contributed by atoms with Crippen LogP contribution in [-0.2, 0) is 9.53 Å². The van der Waals surface area contributed by atoms with Gasteiger partial charge in [0.15, 0.2) is 0 Å². The molecule has 1 aliphatic heterocycles. The molecular formula is C11H21NO2. The Morgan fingerprint density at radius 2 is 2.21 bits per heavy atom. The molecule has 1 fully saturated rings. The zero-order chi connectivity index (χ0) is 10.7. The lowest BCUT2D eigenvalue weighted by Gasteiger charge is -2.23. The van der Waals surface area contributed by atoms with E-state index in [9.17, 15) is 4.79 Å². The second kappa shape index (κ2) is 4.78. The quantitative estimate of drug-likeness (QED) is 0.645. The van der Waals surface area contributed by atoms with Gasteiger partial charge in [0.25, 0.3) is 0 Å². The van der Waals surface area contributed by atoms with Crippen molar-refractivity contribution in [2.45, 2.75) is 33.2 Å². The predicted octanol–water partition coefficient (Wildman–Crippen LogP) is 1.53. The fourth-order valence-electron chi connectivity index (χ4n) is 2.27. The Hall–Kier alpha value is -0.570. The number of nitrogens with zero attached hydrogens (tertiary/aromatic N) is 1. The van der Waals surface area contributed by atoms with E-state index in [0.717, 1.165) is 19.0 Å². The first-order valence-electron chi connectivity index (χ1n) is 5.36. The van der Waals surface area contributed by atoms with Gasteiger partial charge >= 0.3 is 5.97 Å². The smallest absolute Gasteiger partial charge is 0.309 e. The van der Waals surface area contributed by atoms with Crippen LogP contribution in [0.15, 0.2) is 0 Å². The molecule has 0 aromatic heterocycles. The fourth-order valence-corrected chi connectivity index (χ4v) is 2.27. The van der Waals surface area contributed by atoms with Gasteiger partial charge in [0.1, 0.15) is 0 Å². The highest BCUT2D eigenvalue weighted by Crippen LogP contribution is 2.23. The molecule has 82 valence electrons. The normalized spacial score (nSPS) is 30.3. The van der Waals surface area contributed by atoms with Gasteiger partial charge < -0.3 is 4.74 Å². The molecule has 3 atom stereocenters. The summed E-state index contributed by atoms with van der Waals surface area (Å²) in [5, 5.41) is 0. The van der Waals surface area contributed by atoms with Gasteiger partial charge in [0.05, 0.1) is 13.0 Å². The van der Waals surface area contributed by atoms with Crippen LogP contribution in [0, 0.1) is 11.8 Å². The molecule has 0 aromatic rings. The standard InChI is InChI=1S/C11H21NO2/c1-8-5-10(3)12(6-8)7-9(2)11(13)14-4/h8-10H,5-7H2,1-4H3. The average molecular weight is 199 g/mol. The largest absolute Gasteiger partial charge is 0.469 e. The Morgan fingerprint density at radius 3 is 2.64 bits per heavy atom. The van der Waals surface area contributed by atoms with Gasteiger partial charge in [-0.2, -0.15) is 0 Å². The van der Waals surface area contributed by atoms with Crippen LogP contribution in [0.5, 0.6) is 0 Å². The number of hydrogen-bond acceptors (Lipinski definition) is 3.